The van der Waals surface area contributed by atoms with Crippen LogP contribution in [0.1, 0.15) is 85.5 Å². The maximum Gasteiger partial charge on any atom is 0.316 e. The van der Waals surface area contributed by atoms with Crippen molar-refractivity contribution in [2.24, 2.45) is 40.4 Å². The molecule has 5 aliphatic rings. The van der Waals surface area contributed by atoms with Gasteiger partial charge in [-0.2, -0.15) is 0 Å². The maximum absolute atomic E-state index is 12.9. The van der Waals surface area contributed by atoms with Crippen LogP contribution in [0.25, 0.3) is 0 Å². The van der Waals surface area contributed by atoms with Gasteiger partial charge < -0.3 is 4.74 Å². The van der Waals surface area contributed by atoms with Crippen molar-refractivity contribution in [2.75, 3.05) is 11.5 Å². The summed E-state index contributed by atoms with van der Waals surface area (Å²) in [6.45, 7) is 9.37. The number of fused-ring (bicyclic) bond motifs is 4. The zero-order valence-corrected chi connectivity index (χ0v) is 20.9. The summed E-state index contributed by atoms with van der Waals surface area (Å²) < 4.78 is 6.26. The summed E-state index contributed by atoms with van der Waals surface area (Å²) in [7, 11) is 0. The molecular formula is C28H42O2S. The molecule has 172 valence electrons. The fourth-order valence-electron chi connectivity index (χ4n) is 8.30. The van der Waals surface area contributed by atoms with Gasteiger partial charge in [-0.25, -0.2) is 0 Å². The fraction of sp³-hybridized carbons (Fsp3) is 0.821. The number of rotatable bonds is 5. The van der Waals surface area contributed by atoms with Gasteiger partial charge in [-0.15, -0.1) is 11.8 Å². The summed E-state index contributed by atoms with van der Waals surface area (Å²) in [5.41, 5.74) is 1.85. The first-order valence-corrected chi connectivity index (χ1v) is 14.0. The number of ether oxygens (including phenoxy) is 1. The lowest BCUT2D eigenvalue weighted by molar-refractivity contribution is -0.171. The standard InChI is InChI=1S/C28H42O2S/c1-26(2)23-12-13-27(26,3)28(4,16-23)30-25(29)18-31-17-22-11-7-10-21-14-19-8-5-6-9-20(19)15-24(21)22/h5-6,14,19-20,22-24H,7-13,15-18H2,1-4H3. The number of allylic oxidation sites excluding steroid dienone is 4. The van der Waals surface area contributed by atoms with Crippen molar-refractivity contribution in [1.82, 2.24) is 0 Å². The predicted molar refractivity (Wildman–Crippen MR) is 130 cm³/mol. The lowest BCUT2D eigenvalue weighted by Gasteiger charge is -2.45. The summed E-state index contributed by atoms with van der Waals surface area (Å²) in [5.74, 6) is 5.53. The third kappa shape index (κ3) is 3.56. The smallest absolute Gasteiger partial charge is 0.316 e. The summed E-state index contributed by atoms with van der Waals surface area (Å²) in [4.78, 5) is 12.9. The molecule has 3 saturated carbocycles. The summed E-state index contributed by atoms with van der Waals surface area (Å²) >= 11 is 1.84. The van der Waals surface area contributed by atoms with Gasteiger partial charge in [-0.3, -0.25) is 4.79 Å². The molecule has 0 radical (unpaired) electrons. The van der Waals surface area contributed by atoms with Crippen molar-refractivity contribution >= 4 is 17.7 Å². The maximum atomic E-state index is 12.9. The Balaban J connectivity index is 1.15. The fourth-order valence-corrected chi connectivity index (χ4v) is 9.34. The second kappa shape index (κ2) is 7.96. The Morgan fingerprint density at radius 2 is 1.97 bits per heavy atom. The van der Waals surface area contributed by atoms with Gasteiger partial charge in [0.15, 0.2) is 0 Å². The van der Waals surface area contributed by atoms with E-state index < -0.39 is 0 Å². The Labute approximate surface area is 194 Å². The topological polar surface area (TPSA) is 26.3 Å². The molecule has 31 heavy (non-hydrogen) atoms. The molecule has 0 heterocycles. The van der Waals surface area contributed by atoms with E-state index in [9.17, 15) is 4.79 Å². The first kappa shape index (κ1) is 22.1. The van der Waals surface area contributed by atoms with Crippen molar-refractivity contribution in [1.29, 1.82) is 0 Å². The third-order valence-electron chi connectivity index (χ3n) is 10.8. The molecule has 0 N–H and O–H groups in total. The van der Waals surface area contributed by atoms with Crippen LogP contribution >= 0.6 is 11.8 Å². The van der Waals surface area contributed by atoms with E-state index in [1.54, 1.807) is 5.57 Å². The van der Waals surface area contributed by atoms with E-state index in [-0.39, 0.29) is 22.4 Å². The van der Waals surface area contributed by atoms with Crippen LogP contribution < -0.4 is 0 Å². The molecule has 3 heteroatoms. The number of esters is 1. The van der Waals surface area contributed by atoms with Crippen molar-refractivity contribution < 1.29 is 9.53 Å². The molecule has 0 aromatic carbocycles. The van der Waals surface area contributed by atoms with Crippen LogP contribution in [0.4, 0.5) is 0 Å². The van der Waals surface area contributed by atoms with Crippen molar-refractivity contribution in [3.05, 3.63) is 23.8 Å². The molecule has 7 unspecified atom stereocenters. The van der Waals surface area contributed by atoms with Crippen molar-refractivity contribution in [2.45, 2.75) is 91.1 Å². The van der Waals surface area contributed by atoms with Crippen LogP contribution in [0.2, 0.25) is 0 Å². The molecule has 0 amide bonds. The molecule has 5 rings (SSSR count). The minimum absolute atomic E-state index is 0.0183. The Hall–Kier alpha value is -0.700. The zero-order chi connectivity index (χ0) is 21.9. The average Bonchev–Trinajstić information content (AvgIpc) is 3.04. The average molecular weight is 443 g/mol. The second-order valence-electron chi connectivity index (χ2n) is 12.3. The van der Waals surface area contributed by atoms with Crippen LogP contribution in [0.5, 0.6) is 0 Å². The number of hydrogen-bond acceptors (Lipinski definition) is 3. The van der Waals surface area contributed by atoms with Crippen LogP contribution in [0, 0.1) is 40.4 Å². The molecule has 0 spiro atoms. The van der Waals surface area contributed by atoms with Gasteiger partial charge in [0.25, 0.3) is 0 Å². The van der Waals surface area contributed by atoms with Gasteiger partial charge in [-0.05, 0) is 105 Å². The van der Waals surface area contributed by atoms with Crippen LogP contribution in [-0.2, 0) is 9.53 Å². The van der Waals surface area contributed by atoms with Crippen molar-refractivity contribution in [3.8, 4) is 0 Å². The molecule has 0 aromatic rings. The number of hydrogen-bond donors (Lipinski definition) is 0. The van der Waals surface area contributed by atoms with E-state index >= 15 is 0 Å². The monoisotopic (exact) mass is 442 g/mol. The number of thioether (sulfide) groups is 1. The zero-order valence-electron chi connectivity index (χ0n) is 20.1. The highest BCUT2D eigenvalue weighted by atomic mass is 32.2. The molecule has 3 fully saturated rings. The highest BCUT2D eigenvalue weighted by molar-refractivity contribution is 7.99. The molecule has 0 aliphatic heterocycles. The summed E-state index contributed by atoms with van der Waals surface area (Å²) in [6, 6.07) is 0. The molecule has 7 atom stereocenters. The van der Waals surface area contributed by atoms with E-state index in [1.807, 2.05) is 11.8 Å². The van der Waals surface area contributed by atoms with Gasteiger partial charge in [0.2, 0.25) is 0 Å². The van der Waals surface area contributed by atoms with Crippen LogP contribution in [-0.4, -0.2) is 23.1 Å². The minimum Gasteiger partial charge on any atom is -0.458 e. The van der Waals surface area contributed by atoms with Crippen molar-refractivity contribution in [3.63, 3.8) is 0 Å². The first-order chi connectivity index (χ1) is 14.7. The number of carbonyl (C=O) groups excluding carboxylic acids is 1. The Kier molecular flexibility index (Phi) is 5.68. The summed E-state index contributed by atoms with van der Waals surface area (Å²) in [6.07, 6.45) is 18.9. The normalized spacial score (nSPS) is 45.0. The molecule has 2 nitrogen and oxygen atoms in total. The molecule has 0 saturated heterocycles. The van der Waals surface area contributed by atoms with Gasteiger partial charge >= 0.3 is 5.97 Å². The highest BCUT2D eigenvalue weighted by Crippen LogP contribution is 2.70. The lowest BCUT2D eigenvalue weighted by Crippen LogP contribution is -2.48. The largest absolute Gasteiger partial charge is 0.458 e. The number of carbonyl (C=O) groups is 1. The van der Waals surface area contributed by atoms with E-state index in [4.69, 9.17) is 4.74 Å². The van der Waals surface area contributed by atoms with E-state index in [2.05, 4.69) is 45.9 Å². The molecule has 0 aromatic heterocycles. The third-order valence-corrected chi connectivity index (χ3v) is 11.9. The van der Waals surface area contributed by atoms with Gasteiger partial charge in [-0.1, -0.05) is 44.6 Å². The summed E-state index contributed by atoms with van der Waals surface area (Å²) in [5, 5.41) is 0. The quantitative estimate of drug-likeness (QED) is 0.333. The lowest BCUT2D eigenvalue weighted by atomic mass is 9.64. The first-order valence-electron chi connectivity index (χ1n) is 12.9. The van der Waals surface area contributed by atoms with Gasteiger partial charge in [0, 0.05) is 5.41 Å². The van der Waals surface area contributed by atoms with E-state index in [0.29, 0.717) is 11.7 Å². The minimum atomic E-state index is -0.287. The van der Waals surface area contributed by atoms with E-state index in [0.717, 1.165) is 35.8 Å². The Morgan fingerprint density at radius 3 is 2.71 bits per heavy atom. The van der Waals surface area contributed by atoms with Crippen LogP contribution in [0.15, 0.2) is 23.8 Å². The van der Waals surface area contributed by atoms with E-state index in [1.165, 1.54) is 51.4 Å². The van der Waals surface area contributed by atoms with Gasteiger partial charge in [0.1, 0.15) is 5.60 Å². The highest BCUT2D eigenvalue weighted by Gasteiger charge is 2.68. The van der Waals surface area contributed by atoms with Crippen LogP contribution in [0.3, 0.4) is 0 Å². The molecule has 2 bridgehead atoms. The molecule has 5 aliphatic carbocycles. The Morgan fingerprint density at radius 1 is 1.16 bits per heavy atom. The predicted octanol–water partition coefficient (Wildman–Crippen LogP) is 7.20. The Bertz CT molecular complexity index is 782. The van der Waals surface area contributed by atoms with Gasteiger partial charge in [0.05, 0.1) is 5.75 Å². The SMILES string of the molecule is CC1(OC(=O)CSCC2CCCC3=CC4CC=CCC4CC32)CC2CCC1(C)C2(C)C. The molecular weight excluding hydrogens is 400 g/mol. The second-order valence-corrected chi connectivity index (χ2v) is 13.3.